The Morgan fingerprint density at radius 1 is 1.19 bits per heavy atom. The number of piperazine rings is 1. The smallest absolute Gasteiger partial charge is 0.194 e. The normalized spacial score (nSPS) is 22.1. The number of halogens is 1. The van der Waals surface area contributed by atoms with E-state index in [2.05, 4.69) is 70.8 Å². The van der Waals surface area contributed by atoms with Crippen LogP contribution in [0.25, 0.3) is 0 Å². The average Bonchev–Trinajstić information content (AvgIpc) is 2.62. The van der Waals surface area contributed by atoms with E-state index >= 15 is 0 Å². The number of aliphatic imine (C=N–C) groups is 1. The van der Waals surface area contributed by atoms with E-state index in [0.717, 1.165) is 51.0 Å². The van der Waals surface area contributed by atoms with Gasteiger partial charge in [0.2, 0.25) is 0 Å². The number of hydrogen-bond donors (Lipinski definition) is 1. The fourth-order valence-corrected chi connectivity index (χ4v) is 3.74. The lowest BCUT2D eigenvalue weighted by atomic mass is 9.65. The molecule has 2 saturated heterocycles. The van der Waals surface area contributed by atoms with Crippen molar-refractivity contribution >= 4 is 35.8 Å². The summed E-state index contributed by atoms with van der Waals surface area (Å²) in [5.41, 5.74) is 1.63. The van der Waals surface area contributed by atoms with Crippen LogP contribution in [0.15, 0.2) is 23.3 Å². The zero-order valence-electron chi connectivity index (χ0n) is 17.6. The summed E-state index contributed by atoms with van der Waals surface area (Å²) in [6, 6.07) is 4.20. The first kappa shape index (κ1) is 22.2. The highest BCUT2D eigenvalue weighted by molar-refractivity contribution is 14.0. The topological polar surface area (TPSA) is 47.0 Å². The molecule has 0 bridgehead atoms. The van der Waals surface area contributed by atoms with Crippen LogP contribution in [0.2, 0.25) is 0 Å². The average molecular weight is 486 g/mol. The Kier molecular flexibility index (Phi) is 7.00. The molecule has 6 nitrogen and oxygen atoms in total. The van der Waals surface area contributed by atoms with Gasteiger partial charge in [-0.25, -0.2) is 4.98 Å². The molecule has 0 aromatic carbocycles. The van der Waals surface area contributed by atoms with Crippen LogP contribution in [0.4, 0.5) is 5.82 Å². The van der Waals surface area contributed by atoms with Crippen LogP contribution in [0.3, 0.4) is 0 Å². The summed E-state index contributed by atoms with van der Waals surface area (Å²) in [6.45, 7) is 15.2. The molecule has 0 radical (unpaired) electrons. The van der Waals surface area contributed by atoms with E-state index in [1.807, 2.05) is 19.3 Å². The predicted octanol–water partition coefficient (Wildman–Crippen LogP) is 2.65. The summed E-state index contributed by atoms with van der Waals surface area (Å²) in [5, 5.41) is 3.57. The molecular formula is C20H35IN6. The Bertz CT molecular complexity index is 664. The molecule has 1 aromatic heterocycles. The Morgan fingerprint density at radius 2 is 1.85 bits per heavy atom. The minimum absolute atomic E-state index is 0. The van der Waals surface area contributed by atoms with Gasteiger partial charge in [0.05, 0.1) is 0 Å². The summed E-state index contributed by atoms with van der Waals surface area (Å²) >= 11 is 0. The second-order valence-electron chi connectivity index (χ2n) is 8.71. The molecule has 1 N–H and O–H groups in total. The van der Waals surface area contributed by atoms with Crippen molar-refractivity contribution in [2.75, 3.05) is 51.7 Å². The minimum Gasteiger partial charge on any atom is -0.354 e. The van der Waals surface area contributed by atoms with Crippen LogP contribution in [0.5, 0.6) is 0 Å². The molecule has 3 rings (SSSR count). The van der Waals surface area contributed by atoms with Crippen LogP contribution in [-0.4, -0.2) is 73.1 Å². The van der Waals surface area contributed by atoms with E-state index in [0.29, 0.717) is 5.41 Å². The highest BCUT2D eigenvalue weighted by atomic mass is 127. The van der Waals surface area contributed by atoms with Gasteiger partial charge in [-0.15, -0.1) is 24.0 Å². The Morgan fingerprint density at radius 3 is 2.41 bits per heavy atom. The molecule has 0 spiro atoms. The maximum absolute atomic E-state index is 4.68. The van der Waals surface area contributed by atoms with E-state index in [-0.39, 0.29) is 29.5 Å². The van der Waals surface area contributed by atoms with Gasteiger partial charge in [0.1, 0.15) is 5.82 Å². The van der Waals surface area contributed by atoms with Crippen molar-refractivity contribution in [2.24, 2.45) is 10.4 Å². The summed E-state index contributed by atoms with van der Waals surface area (Å²) in [4.78, 5) is 16.3. The summed E-state index contributed by atoms with van der Waals surface area (Å²) in [6.07, 6.45) is 1.90. The standard InChI is InChI=1S/C20H34N6.HI/c1-19(2)15-26(20(19,3)4)18(21-5)23-14-16-8-7-9-22-17(16)25-12-10-24(6)11-13-25;/h7-9H,10-15H2,1-6H3,(H,21,23);1H. The zero-order valence-corrected chi connectivity index (χ0v) is 19.9. The van der Waals surface area contributed by atoms with Crippen molar-refractivity contribution in [3.8, 4) is 0 Å². The van der Waals surface area contributed by atoms with E-state index in [1.54, 1.807) is 0 Å². The first-order valence-corrected chi connectivity index (χ1v) is 9.62. The third kappa shape index (κ3) is 4.34. The number of likely N-dealkylation sites (tertiary alicyclic amines) is 1. The van der Waals surface area contributed by atoms with Crippen molar-refractivity contribution in [3.05, 3.63) is 23.9 Å². The molecule has 0 amide bonds. The SMILES string of the molecule is CN=C(NCc1cccnc1N1CCN(C)CC1)N1CC(C)(C)C1(C)C.I. The molecule has 3 heterocycles. The molecule has 0 saturated carbocycles. The number of guanidine groups is 1. The van der Waals surface area contributed by atoms with Gasteiger partial charge in [0.15, 0.2) is 5.96 Å². The third-order valence-corrected chi connectivity index (χ3v) is 6.46. The van der Waals surface area contributed by atoms with Crippen LogP contribution in [0.1, 0.15) is 33.3 Å². The quantitative estimate of drug-likeness (QED) is 0.405. The van der Waals surface area contributed by atoms with Crippen molar-refractivity contribution in [2.45, 2.75) is 39.8 Å². The van der Waals surface area contributed by atoms with Crippen molar-refractivity contribution in [3.63, 3.8) is 0 Å². The maximum Gasteiger partial charge on any atom is 0.194 e. The van der Waals surface area contributed by atoms with Crippen molar-refractivity contribution in [1.29, 1.82) is 0 Å². The molecule has 27 heavy (non-hydrogen) atoms. The number of nitrogens with one attached hydrogen (secondary N) is 1. The summed E-state index contributed by atoms with van der Waals surface area (Å²) in [7, 11) is 4.05. The number of anilines is 1. The Balaban J connectivity index is 0.00000261. The molecule has 2 aliphatic rings. The summed E-state index contributed by atoms with van der Waals surface area (Å²) in [5.74, 6) is 2.08. The molecule has 0 atom stereocenters. The monoisotopic (exact) mass is 486 g/mol. The lowest BCUT2D eigenvalue weighted by Crippen LogP contribution is -2.72. The van der Waals surface area contributed by atoms with Gasteiger partial charge in [-0.2, -0.15) is 0 Å². The maximum atomic E-state index is 4.68. The van der Waals surface area contributed by atoms with Gasteiger partial charge in [-0.05, 0) is 27.0 Å². The molecular weight excluding hydrogens is 451 g/mol. The number of aromatic nitrogens is 1. The molecule has 7 heteroatoms. The van der Waals surface area contributed by atoms with E-state index < -0.39 is 0 Å². The Hall–Kier alpha value is -1.09. The van der Waals surface area contributed by atoms with Gasteiger partial charge in [-0.1, -0.05) is 19.9 Å². The predicted molar refractivity (Wildman–Crippen MR) is 124 cm³/mol. The number of nitrogens with zero attached hydrogens (tertiary/aromatic N) is 5. The van der Waals surface area contributed by atoms with Crippen LogP contribution in [-0.2, 0) is 6.54 Å². The fourth-order valence-electron chi connectivity index (χ4n) is 3.74. The van der Waals surface area contributed by atoms with Gasteiger partial charge < -0.3 is 20.0 Å². The van der Waals surface area contributed by atoms with Crippen molar-refractivity contribution < 1.29 is 0 Å². The van der Waals surface area contributed by atoms with Crippen molar-refractivity contribution in [1.82, 2.24) is 20.1 Å². The fraction of sp³-hybridized carbons (Fsp3) is 0.700. The van der Waals surface area contributed by atoms with Crippen LogP contribution >= 0.6 is 24.0 Å². The molecule has 0 unspecified atom stereocenters. The Labute approximate surface area is 181 Å². The van der Waals surface area contributed by atoms with Crippen LogP contribution in [0, 0.1) is 5.41 Å². The van der Waals surface area contributed by atoms with Gasteiger partial charge in [0, 0.05) is 69.0 Å². The van der Waals surface area contributed by atoms with Gasteiger partial charge >= 0.3 is 0 Å². The second-order valence-corrected chi connectivity index (χ2v) is 8.71. The number of hydrogen-bond acceptors (Lipinski definition) is 4. The molecule has 2 fully saturated rings. The molecule has 0 aliphatic carbocycles. The third-order valence-electron chi connectivity index (χ3n) is 6.46. The second kappa shape index (κ2) is 8.51. The lowest BCUT2D eigenvalue weighted by Gasteiger charge is -2.62. The molecule has 152 valence electrons. The zero-order chi connectivity index (χ0) is 18.9. The first-order chi connectivity index (χ1) is 12.3. The highest BCUT2D eigenvalue weighted by Gasteiger charge is 2.53. The first-order valence-electron chi connectivity index (χ1n) is 9.62. The molecule has 1 aromatic rings. The van der Waals surface area contributed by atoms with Crippen LogP contribution < -0.4 is 10.2 Å². The largest absolute Gasteiger partial charge is 0.354 e. The van der Waals surface area contributed by atoms with E-state index in [1.165, 1.54) is 5.56 Å². The van der Waals surface area contributed by atoms with Gasteiger partial charge in [0.25, 0.3) is 0 Å². The summed E-state index contributed by atoms with van der Waals surface area (Å²) < 4.78 is 0. The lowest BCUT2D eigenvalue weighted by molar-refractivity contribution is -0.0667. The number of rotatable bonds is 3. The number of likely N-dealkylation sites (N-methyl/N-ethyl adjacent to an activating group) is 1. The number of pyridine rings is 1. The minimum atomic E-state index is 0. The molecule has 2 aliphatic heterocycles. The van der Waals surface area contributed by atoms with E-state index in [4.69, 9.17) is 0 Å². The van der Waals surface area contributed by atoms with Gasteiger partial charge in [-0.3, -0.25) is 4.99 Å². The highest BCUT2D eigenvalue weighted by Crippen LogP contribution is 2.46. The van der Waals surface area contributed by atoms with E-state index in [9.17, 15) is 0 Å².